The maximum Gasteiger partial charge on any atom is 0.303 e. The summed E-state index contributed by atoms with van der Waals surface area (Å²) in [7, 11) is 0. The van der Waals surface area contributed by atoms with Crippen molar-refractivity contribution in [3.8, 4) is 0 Å². The van der Waals surface area contributed by atoms with Crippen LogP contribution in [0.3, 0.4) is 0 Å². The van der Waals surface area contributed by atoms with E-state index >= 15 is 0 Å². The maximum atomic E-state index is 10.5. The third-order valence-corrected chi connectivity index (χ3v) is 4.88. The number of hydrogen-bond acceptors (Lipinski definition) is 1. The molecule has 0 unspecified atom stereocenters. The topological polar surface area (TPSA) is 37.3 Å². The zero-order valence-corrected chi connectivity index (χ0v) is 17.0. The number of unbranched alkanes of at least 4 members (excludes halogenated alkanes) is 12. The summed E-state index contributed by atoms with van der Waals surface area (Å²) in [4.78, 5) is 10.5. The van der Waals surface area contributed by atoms with Gasteiger partial charge in [0.25, 0.3) is 0 Å². The second-order valence-electron chi connectivity index (χ2n) is 7.54. The number of rotatable bonds is 19. The van der Waals surface area contributed by atoms with Gasteiger partial charge in [-0.15, -0.1) is 0 Å². The zero-order chi connectivity index (χ0) is 18.6. The minimum Gasteiger partial charge on any atom is -0.481 e. The van der Waals surface area contributed by atoms with Crippen LogP contribution in [0.15, 0.2) is 12.2 Å². The molecule has 0 spiro atoms. The van der Waals surface area contributed by atoms with Gasteiger partial charge in [0.2, 0.25) is 0 Å². The summed E-state index contributed by atoms with van der Waals surface area (Å²) < 4.78 is 0. The molecule has 147 valence electrons. The lowest BCUT2D eigenvalue weighted by atomic mass is 9.97. The summed E-state index contributed by atoms with van der Waals surface area (Å²) in [5, 5.41) is 8.66. The lowest BCUT2D eigenvalue weighted by molar-refractivity contribution is -0.137. The van der Waals surface area contributed by atoms with E-state index < -0.39 is 5.97 Å². The predicted octanol–water partition coefficient (Wildman–Crippen LogP) is 7.87. The third kappa shape index (κ3) is 21.2. The van der Waals surface area contributed by atoms with Gasteiger partial charge in [-0.1, -0.05) is 90.2 Å². The molecule has 2 nitrogen and oxygen atoms in total. The van der Waals surface area contributed by atoms with Crippen molar-refractivity contribution in [2.75, 3.05) is 0 Å². The molecule has 0 aromatic heterocycles. The quantitative estimate of drug-likeness (QED) is 0.190. The first kappa shape index (κ1) is 24.2. The number of carbonyl (C=O) groups is 1. The molecule has 0 aromatic carbocycles. The van der Waals surface area contributed by atoms with Crippen molar-refractivity contribution >= 4 is 5.97 Å². The molecule has 0 fully saturated rings. The van der Waals surface area contributed by atoms with Crippen LogP contribution >= 0.6 is 0 Å². The molecule has 1 radical (unpaired) electrons. The molecule has 0 bridgehead atoms. The van der Waals surface area contributed by atoms with Crippen LogP contribution in [-0.4, -0.2) is 11.1 Å². The van der Waals surface area contributed by atoms with Gasteiger partial charge in [-0.3, -0.25) is 4.79 Å². The summed E-state index contributed by atoms with van der Waals surface area (Å²) >= 11 is 0. The van der Waals surface area contributed by atoms with Crippen LogP contribution in [0.1, 0.15) is 123 Å². The molecule has 0 heterocycles. The minimum absolute atomic E-state index is 0.290. The fraction of sp³-hybridized carbons (Fsp3) is 0.826. The fourth-order valence-corrected chi connectivity index (χ4v) is 3.12. The second-order valence-corrected chi connectivity index (χ2v) is 7.54. The first-order chi connectivity index (χ1) is 12.2. The van der Waals surface area contributed by atoms with Gasteiger partial charge in [0.1, 0.15) is 0 Å². The SMILES string of the molecule is CCCCCCCC/C=C\CCCCCCCC[C](C)CCC(=O)O. The van der Waals surface area contributed by atoms with E-state index in [0.717, 1.165) is 12.8 Å². The monoisotopic (exact) mass is 351 g/mol. The van der Waals surface area contributed by atoms with Crippen LogP contribution in [0.2, 0.25) is 0 Å². The molecule has 0 aliphatic rings. The van der Waals surface area contributed by atoms with E-state index in [1.54, 1.807) is 0 Å². The van der Waals surface area contributed by atoms with E-state index in [1.165, 1.54) is 95.8 Å². The molecule has 0 saturated heterocycles. The van der Waals surface area contributed by atoms with Crippen molar-refractivity contribution in [1.29, 1.82) is 0 Å². The Bertz CT molecular complexity index is 309. The van der Waals surface area contributed by atoms with Gasteiger partial charge in [0.05, 0.1) is 0 Å². The molecule has 0 aromatic rings. The first-order valence-electron chi connectivity index (χ1n) is 10.8. The summed E-state index contributed by atoms with van der Waals surface area (Å²) in [6, 6.07) is 0. The molecule has 0 aliphatic carbocycles. The Morgan fingerprint density at radius 2 is 1.16 bits per heavy atom. The summed E-state index contributed by atoms with van der Waals surface area (Å²) in [6.45, 7) is 4.37. The highest BCUT2D eigenvalue weighted by atomic mass is 16.4. The molecule has 2 heteroatoms. The average Bonchev–Trinajstić information content (AvgIpc) is 2.59. The molecular formula is C23H43O2. The number of carboxylic acids is 1. The smallest absolute Gasteiger partial charge is 0.303 e. The highest BCUT2D eigenvalue weighted by molar-refractivity contribution is 5.66. The molecular weight excluding hydrogens is 308 g/mol. The number of carboxylic acid groups (broad SMARTS) is 1. The van der Waals surface area contributed by atoms with Crippen LogP contribution in [0.25, 0.3) is 0 Å². The van der Waals surface area contributed by atoms with Gasteiger partial charge in [-0.25, -0.2) is 0 Å². The molecule has 0 aliphatic heterocycles. The van der Waals surface area contributed by atoms with Crippen LogP contribution in [0.4, 0.5) is 0 Å². The van der Waals surface area contributed by atoms with Crippen molar-refractivity contribution in [2.45, 2.75) is 123 Å². The molecule has 0 saturated carbocycles. The molecule has 25 heavy (non-hydrogen) atoms. The van der Waals surface area contributed by atoms with Gasteiger partial charge < -0.3 is 5.11 Å². The maximum absolute atomic E-state index is 10.5. The Morgan fingerprint density at radius 3 is 1.68 bits per heavy atom. The van der Waals surface area contributed by atoms with Gasteiger partial charge in [-0.05, 0) is 44.4 Å². The Balaban J connectivity index is 3.18. The van der Waals surface area contributed by atoms with Crippen LogP contribution in [0, 0.1) is 5.92 Å². The lowest BCUT2D eigenvalue weighted by Crippen LogP contribution is -1.99. The predicted molar refractivity (Wildman–Crippen MR) is 110 cm³/mol. The van der Waals surface area contributed by atoms with Crippen molar-refractivity contribution in [3.63, 3.8) is 0 Å². The average molecular weight is 352 g/mol. The normalized spacial score (nSPS) is 11.6. The van der Waals surface area contributed by atoms with E-state index in [0.29, 0.717) is 0 Å². The Kier molecular flexibility index (Phi) is 18.9. The molecule has 0 atom stereocenters. The number of hydrogen-bond donors (Lipinski definition) is 1. The van der Waals surface area contributed by atoms with E-state index in [-0.39, 0.29) is 6.42 Å². The molecule has 1 N–H and O–H groups in total. The third-order valence-electron chi connectivity index (χ3n) is 4.88. The summed E-state index contributed by atoms with van der Waals surface area (Å²) in [5.41, 5.74) is 0. The van der Waals surface area contributed by atoms with E-state index in [1.807, 2.05) is 0 Å². The molecule has 0 rings (SSSR count). The van der Waals surface area contributed by atoms with E-state index in [4.69, 9.17) is 5.11 Å². The Hall–Kier alpha value is -0.790. The highest BCUT2D eigenvalue weighted by Gasteiger charge is 2.05. The summed E-state index contributed by atoms with van der Waals surface area (Å²) in [6.07, 6.45) is 25.6. The van der Waals surface area contributed by atoms with Gasteiger partial charge in [0.15, 0.2) is 0 Å². The van der Waals surface area contributed by atoms with Crippen molar-refractivity contribution in [3.05, 3.63) is 18.1 Å². The largest absolute Gasteiger partial charge is 0.481 e. The van der Waals surface area contributed by atoms with Crippen molar-refractivity contribution < 1.29 is 9.90 Å². The van der Waals surface area contributed by atoms with Crippen LogP contribution in [0.5, 0.6) is 0 Å². The van der Waals surface area contributed by atoms with Gasteiger partial charge in [0, 0.05) is 6.42 Å². The zero-order valence-electron chi connectivity index (χ0n) is 17.0. The summed E-state index contributed by atoms with van der Waals surface area (Å²) in [5.74, 6) is 0.665. The first-order valence-corrected chi connectivity index (χ1v) is 10.8. The Labute approximate surface area is 157 Å². The number of aliphatic carboxylic acids is 1. The van der Waals surface area contributed by atoms with E-state index in [2.05, 4.69) is 26.0 Å². The number of allylic oxidation sites excluding steroid dienone is 2. The van der Waals surface area contributed by atoms with Crippen molar-refractivity contribution in [1.82, 2.24) is 0 Å². The Morgan fingerprint density at radius 1 is 0.680 bits per heavy atom. The van der Waals surface area contributed by atoms with E-state index in [9.17, 15) is 4.79 Å². The van der Waals surface area contributed by atoms with Gasteiger partial charge >= 0.3 is 5.97 Å². The second kappa shape index (κ2) is 19.5. The van der Waals surface area contributed by atoms with Gasteiger partial charge in [-0.2, -0.15) is 0 Å². The standard InChI is InChI=1S/C23H43O2/c1-3-4-5-6-7-8-9-10-11-12-13-14-15-16-17-18-19-22(2)20-21-23(24)25/h10-11H,3-9,12-21H2,1-2H3,(H,24,25)/b11-10-. The minimum atomic E-state index is -0.680. The van der Waals surface area contributed by atoms with Crippen molar-refractivity contribution in [2.24, 2.45) is 0 Å². The lowest BCUT2D eigenvalue weighted by Gasteiger charge is -2.08. The van der Waals surface area contributed by atoms with Crippen LogP contribution in [-0.2, 0) is 4.79 Å². The fourth-order valence-electron chi connectivity index (χ4n) is 3.12. The highest BCUT2D eigenvalue weighted by Crippen LogP contribution is 2.18. The van der Waals surface area contributed by atoms with Crippen LogP contribution < -0.4 is 0 Å². The molecule has 0 amide bonds.